The number of carbonyl (C=O) groups excluding carboxylic acids is 2. The molecular formula is C22H25BrN4O4S. The lowest BCUT2D eigenvalue weighted by Crippen LogP contribution is -2.57. The van der Waals surface area contributed by atoms with E-state index < -0.39 is 5.54 Å². The van der Waals surface area contributed by atoms with Crippen molar-refractivity contribution in [2.24, 2.45) is 4.99 Å². The Morgan fingerprint density at radius 2 is 2.06 bits per heavy atom. The monoisotopic (exact) mass is 520 g/mol. The second-order valence-electron chi connectivity index (χ2n) is 7.74. The van der Waals surface area contributed by atoms with Crippen LogP contribution in [0.1, 0.15) is 21.7 Å². The average molecular weight is 521 g/mol. The Morgan fingerprint density at radius 3 is 2.72 bits per heavy atom. The molecule has 0 spiro atoms. The van der Waals surface area contributed by atoms with Crippen molar-refractivity contribution in [3.05, 3.63) is 44.6 Å². The molecule has 1 aromatic heterocycles. The number of anilines is 2. The molecule has 0 bridgehead atoms. The van der Waals surface area contributed by atoms with E-state index in [-0.39, 0.29) is 18.4 Å². The van der Waals surface area contributed by atoms with Gasteiger partial charge in [-0.05, 0) is 58.7 Å². The van der Waals surface area contributed by atoms with Gasteiger partial charge in [0, 0.05) is 38.0 Å². The molecule has 2 aromatic rings. The fourth-order valence-electron chi connectivity index (χ4n) is 3.87. The Bertz CT molecular complexity index is 1050. The number of morpholine rings is 1. The van der Waals surface area contributed by atoms with E-state index in [1.54, 1.807) is 13.1 Å². The second-order valence-corrected chi connectivity index (χ2v) is 10.2. The first-order valence-electron chi connectivity index (χ1n) is 10.3. The molecule has 170 valence electrons. The van der Waals surface area contributed by atoms with E-state index in [2.05, 4.69) is 36.5 Å². The molecule has 0 radical (unpaired) electrons. The lowest BCUT2D eigenvalue weighted by Gasteiger charge is -2.31. The van der Waals surface area contributed by atoms with Crippen LogP contribution in [-0.2, 0) is 14.3 Å². The zero-order valence-electron chi connectivity index (χ0n) is 17.9. The van der Waals surface area contributed by atoms with Crippen LogP contribution in [0, 0.1) is 6.92 Å². The molecule has 4 rings (SSSR count). The first kappa shape index (κ1) is 22.9. The van der Waals surface area contributed by atoms with Gasteiger partial charge in [-0.15, -0.1) is 11.3 Å². The number of benzene rings is 1. The van der Waals surface area contributed by atoms with Crippen molar-refractivity contribution in [1.82, 2.24) is 5.32 Å². The predicted octanol–water partition coefficient (Wildman–Crippen LogP) is 3.21. The highest BCUT2D eigenvalue weighted by atomic mass is 79.9. The van der Waals surface area contributed by atoms with E-state index in [4.69, 9.17) is 9.47 Å². The fourth-order valence-corrected chi connectivity index (χ4v) is 5.15. The number of thiophene rings is 1. The third kappa shape index (κ3) is 4.73. The smallest absolute Gasteiger partial charge is 0.262 e. The highest BCUT2D eigenvalue weighted by Crippen LogP contribution is 2.28. The third-order valence-corrected chi connectivity index (χ3v) is 7.23. The number of aryl methyl sites for hydroxylation is 1. The number of hydrogen-bond acceptors (Lipinski definition) is 6. The summed E-state index contributed by atoms with van der Waals surface area (Å²) < 4.78 is 11.8. The average Bonchev–Trinajstić information content (AvgIpc) is 3.44. The van der Waals surface area contributed by atoms with Crippen LogP contribution in [0.5, 0.6) is 0 Å². The number of amidine groups is 1. The number of amides is 2. The first-order chi connectivity index (χ1) is 15.4. The minimum Gasteiger partial charge on any atom is -0.378 e. The zero-order valence-corrected chi connectivity index (χ0v) is 20.3. The molecule has 10 heteroatoms. The number of rotatable bonds is 5. The maximum Gasteiger partial charge on any atom is 0.262 e. The molecule has 2 saturated heterocycles. The third-order valence-electron chi connectivity index (χ3n) is 5.61. The van der Waals surface area contributed by atoms with Gasteiger partial charge in [-0.3, -0.25) is 14.6 Å². The van der Waals surface area contributed by atoms with E-state index in [1.165, 1.54) is 11.3 Å². The molecule has 3 heterocycles. The standard InChI is InChI=1S/C22H25BrN4O4S/c1-14-11-15(3-4-16(14)27-8-10-30-12-19(27)24-2)25-21(29)22(7-9-31-13-22)26-20(28)17-5-6-18(23)32-17/h3-6,11H,7-10,12-13H2,1-2H3,(H,25,29)(H,26,28)/b24-19-. The van der Waals surface area contributed by atoms with E-state index in [1.807, 2.05) is 31.2 Å². The molecule has 2 aliphatic rings. The largest absolute Gasteiger partial charge is 0.378 e. The lowest BCUT2D eigenvalue weighted by molar-refractivity contribution is -0.122. The fraction of sp³-hybridized carbons (Fsp3) is 0.409. The topological polar surface area (TPSA) is 92.3 Å². The minimum absolute atomic E-state index is 0.137. The molecule has 2 fully saturated rings. The number of hydrogen-bond donors (Lipinski definition) is 2. The lowest BCUT2D eigenvalue weighted by atomic mass is 9.96. The van der Waals surface area contributed by atoms with E-state index in [0.717, 1.165) is 27.4 Å². The maximum absolute atomic E-state index is 13.2. The van der Waals surface area contributed by atoms with E-state index >= 15 is 0 Å². The molecule has 32 heavy (non-hydrogen) atoms. The van der Waals surface area contributed by atoms with Gasteiger partial charge in [-0.2, -0.15) is 0 Å². The molecule has 1 atom stereocenters. The Balaban J connectivity index is 1.50. The minimum atomic E-state index is -1.10. The van der Waals surface area contributed by atoms with Gasteiger partial charge in [-0.25, -0.2) is 0 Å². The molecule has 8 nitrogen and oxygen atoms in total. The number of carbonyl (C=O) groups is 2. The SMILES string of the molecule is C/N=C1/COCCN1c1ccc(NC(=O)C2(NC(=O)c3ccc(Br)s3)CCOC2)cc1C. The highest BCUT2D eigenvalue weighted by Gasteiger charge is 2.44. The Labute approximate surface area is 199 Å². The predicted molar refractivity (Wildman–Crippen MR) is 129 cm³/mol. The van der Waals surface area contributed by atoms with Crippen LogP contribution in [0.2, 0.25) is 0 Å². The van der Waals surface area contributed by atoms with Crippen molar-refractivity contribution in [2.75, 3.05) is 50.2 Å². The Morgan fingerprint density at radius 1 is 1.22 bits per heavy atom. The van der Waals surface area contributed by atoms with Crippen molar-refractivity contribution in [1.29, 1.82) is 0 Å². The van der Waals surface area contributed by atoms with Crippen LogP contribution < -0.4 is 15.5 Å². The summed E-state index contributed by atoms with van der Waals surface area (Å²) in [7, 11) is 1.76. The van der Waals surface area contributed by atoms with Crippen LogP contribution in [0.4, 0.5) is 11.4 Å². The number of nitrogens with one attached hydrogen (secondary N) is 2. The van der Waals surface area contributed by atoms with Gasteiger partial charge >= 0.3 is 0 Å². The summed E-state index contributed by atoms with van der Waals surface area (Å²) in [5.74, 6) is 0.306. The zero-order chi connectivity index (χ0) is 22.7. The summed E-state index contributed by atoms with van der Waals surface area (Å²) in [6, 6.07) is 9.31. The summed E-state index contributed by atoms with van der Waals surface area (Å²) in [6.07, 6.45) is 0.415. The highest BCUT2D eigenvalue weighted by molar-refractivity contribution is 9.11. The van der Waals surface area contributed by atoms with Crippen LogP contribution in [0.25, 0.3) is 0 Å². The summed E-state index contributed by atoms with van der Waals surface area (Å²) in [5, 5.41) is 5.88. The molecule has 2 amide bonds. The summed E-state index contributed by atoms with van der Waals surface area (Å²) >= 11 is 4.69. The molecule has 2 N–H and O–H groups in total. The van der Waals surface area contributed by atoms with Gasteiger partial charge in [0.25, 0.3) is 11.8 Å². The number of nitrogens with zero attached hydrogens (tertiary/aromatic N) is 2. The number of ether oxygens (including phenoxy) is 2. The second kappa shape index (κ2) is 9.70. The van der Waals surface area contributed by atoms with Crippen LogP contribution in [-0.4, -0.2) is 63.2 Å². The van der Waals surface area contributed by atoms with Crippen molar-refractivity contribution >= 4 is 56.3 Å². The van der Waals surface area contributed by atoms with Gasteiger partial charge in [-0.1, -0.05) is 0 Å². The number of halogens is 1. The quantitative estimate of drug-likeness (QED) is 0.631. The first-order valence-corrected chi connectivity index (χ1v) is 11.9. The molecule has 1 aromatic carbocycles. The van der Waals surface area contributed by atoms with Gasteiger partial charge in [0.15, 0.2) is 0 Å². The molecule has 0 aliphatic carbocycles. The normalized spacial score (nSPS) is 22.2. The number of aliphatic imine (C=N–C) groups is 1. The van der Waals surface area contributed by atoms with E-state index in [0.29, 0.717) is 36.8 Å². The van der Waals surface area contributed by atoms with Crippen molar-refractivity contribution in [3.63, 3.8) is 0 Å². The molecule has 0 saturated carbocycles. The summed E-state index contributed by atoms with van der Waals surface area (Å²) in [5.41, 5.74) is 1.60. The van der Waals surface area contributed by atoms with Crippen LogP contribution in [0.15, 0.2) is 39.1 Å². The van der Waals surface area contributed by atoms with Crippen molar-refractivity contribution in [2.45, 2.75) is 18.9 Å². The summed E-state index contributed by atoms with van der Waals surface area (Å²) in [4.78, 5) is 33.0. The van der Waals surface area contributed by atoms with Crippen molar-refractivity contribution < 1.29 is 19.1 Å². The van der Waals surface area contributed by atoms with Gasteiger partial charge in [0.1, 0.15) is 18.0 Å². The van der Waals surface area contributed by atoms with Gasteiger partial charge in [0.2, 0.25) is 0 Å². The Kier molecular flexibility index (Phi) is 6.94. The molecule has 2 aliphatic heterocycles. The maximum atomic E-state index is 13.2. The van der Waals surface area contributed by atoms with Gasteiger partial charge in [0.05, 0.1) is 21.9 Å². The van der Waals surface area contributed by atoms with Gasteiger partial charge < -0.3 is 25.0 Å². The molecule has 1 unspecified atom stereocenters. The van der Waals surface area contributed by atoms with E-state index in [9.17, 15) is 9.59 Å². The van der Waals surface area contributed by atoms with Crippen molar-refractivity contribution in [3.8, 4) is 0 Å². The van der Waals surface area contributed by atoms with Crippen LogP contribution >= 0.6 is 27.3 Å². The van der Waals surface area contributed by atoms with Crippen LogP contribution in [0.3, 0.4) is 0 Å². The Hall–Kier alpha value is -2.27. The summed E-state index contributed by atoms with van der Waals surface area (Å²) in [6.45, 7) is 4.40. The molecular weight excluding hydrogens is 496 g/mol.